The highest BCUT2D eigenvalue weighted by Gasteiger charge is 2.19. The molecule has 1 aliphatic heterocycles. The zero-order chi connectivity index (χ0) is 12.2. The van der Waals surface area contributed by atoms with E-state index in [1.54, 1.807) is 0 Å². The quantitative estimate of drug-likeness (QED) is 0.861. The highest BCUT2D eigenvalue weighted by atomic mass is 16.5. The van der Waals surface area contributed by atoms with E-state index in [1.807, 2.05) is 0 Å². The zero-order valence-corrected chi connectivity index (χ0v) is 11.0. The van der Waals surface area contributed by atoms with Crippen molar-refractivity contribution >= 4 is 0 Å². The number of hydrogen-bond acceptors (Lipinski definition) is 3. The molecule has 1 saturated carbocycles. The van der Waals surface area contributed by atoms with E-state index in [0.717, 1.165) is 37.9 Å². The standard InChI is InChI=1S/C14H23N3O/c1-2-4-11(5-3-1)13-9-16-14(17-13)8-12-10-18-7-6-15-12/h9,11-12,15H,1-8,10H2,(H,16,17). The highest BCUT2D eigenvalue weighted by molar-refractivity contribution is 5.09. The topological polar surface area (TPSA) is 49.9 Å². The largest absolute Gasteiger partial charge is 0.379 e. The average Bonchev–Trinajstić information content (AvgIpc) is 2.89. The van der Waals surface area contributed by atoms with Crippen molar-refractivity contribution in [3.63, 3.8) is 0 Å². The van der Waals surface area contributed by atoms with Crippen molar-refractivity contribution in [2.45, 2.75) is 50.5 Å². The monoisotopic (exact) mass is 249 g/mol. The van der Waals surface area contributed by atoms with Gasteiger partial charge in [-0.1, -0.05) is 19.3 Å². The van der Waals surface area contributed by atoms with Crippen molar-refractivity contribution in [1.82, 2.24) is 15.3 Å². The van der Waals surface area contributed by atoms with Gasteiger partial charge in [-0.25, -0.2) is 4.98 Å². The van der Waals surface area contributed by atoms with Crippen LogP contribution in [-0.2, 0) is 11.2 Å². The maximum Gasteiger partial charge on any atom is 0.107 e. The summed E-state index contributed by atoms with van der Waals surface area (Å²) < 4.78 is 5.47. The molecule has 1 aromatic rings. The van der Waals surface area contributed by atoms with Gasteiger partial charge in [0, 0.05) is 36.8 Å². The Morgan fingerprint density at radius 2 is 2.17 bits per heavy atom. The molecule has 1 saturated heterocycles. The van der Waals surface area contributed by atoms with Gasteiger partial charge >= 0.3 is 0 Å². The van der Waals surface area contributed by atoms with E-state index in [4.69, 9.17) is 4.74 Å². The van der Waals surface area contributed by atoms with Crippen molar-refractivity contribution in [3.8, 4) is 0 Å². The van der Waals surface area contributed by atoms with E-state index in [0.29, 0.717) is 6.04 Å². The molecule has 100 valence electrons. The van der Waals surface area contributed by atoms with Gasteiger partial charge in [-0.15, -0.1) is 0 Å². The average molecular weight is 249 g/mol. The lowest BCUT2D eigenvalue weighted by Crippen LogP contribution is -2.42. The van der Waals surface area contributed by atoms with Crippen molar-refractivity contribution < 1.29 is 4.74 Å². The number of morpholine rings is 1. The zero-order valence-electron chi connectivity index (χ0n) is 11.0. The molecule has 2 aliphatic rings. The molecule has 0 radical (unpaired) electrons. The Morgan fingerprint density at radius 3 is 2.94 bits per heavy atom. The minimum absolute atomic E-state index is 0.420. The van der Waals surface area contributed by atoms with Gasteiger partial charge in [-0.2, -0.15) is 0 Å². The second-order valence-electron chi connectivity index (χ2n) is 5.55. The molecule has 3 rings (SSSR count). The fourth-order valence-corrected chi connectivity index (χ4v) is 3.09. The Kier molecular flexibility index (Phi) is 3.96. The van der Waals surface area contributed by atoms with E-state index in [2.05, 4.69) is 21.5 Å². The Bertz CT molecular complexity index is 365. The number of imidazole rings is 1. The number of aromatic nitrogens is 2. The number of nitrogens with zero attached hydrogens (tertiary/aromatic N) is 1. The summed E-state index contributed by atoms with van der Waals surface area (Å²) in [5, 5.41) is 3.47. The molecule has 0 amide bonds. The molecule has 2 fully saturated rings. The van der Waals surface area contributed by atoms with Gasteiger partial charge < -0.3 is 15.0 Å². The molecule has 1 unspecified atom stereocenters. The van der Waals surface area contributed by atoms with Crippen molar-refractivity contribution in [2.24, 2.45) is 0 Å². The van der Waals surface area contributed by atoms with E-state index in [9.17, 15) is 0 Å². The Morgan fingerprint density at radius 1 is 1.28 bits per heavy atom. The van der Waals surface area contributed by atoms with Crippen LogP contribution in [0.15, 0.2) is 6.20 Å². The van der Waals surface area contributed by atoms with Gasteiger partial charge in [0.25, 0.3) is 0 Å². The molecule has 0 spiro atoms. The maximum absolute atomic E-state index is 5.47. The van der Waals surface area contributed by atoms with Crippen LogP contribution in [0.5, 0.6) is 0 Å². The summed E-state index contributed by atoms with van der Waals surface area (Å²) in [6, 6.07) is 0.420. The Balaban J connectivity index is 1.58. The number of ether oxygens (including phenoxy) is 1. The van der Waals surface area contributed by atoms with Crippen LogP contribution in [0.2, 0.25) is 0 Å². The first-order valence-electron chi connectivity index (χ1n) is 7.27. The predicted octanol–water partition coefficient (Wildman–Crippen LogP) is 1.99. The molecule has 2 N–H and O–H groups in total. The molecule has 1 aromatic heterocycles. The van der Waals surface area contributed by atoms with Crippen LogP contribution in [0.3, 0.4) is 0 Å². The minimum Gasteiger partial charge on any atom is -0.379 e. The number of H-pyrrole nitrogens is 1. The Hall–Kier alpha value is -0.870. The molecule has 0 aromatic carbocycles. The van der Waals surface area contributed by atoms with Gasteiger partial charge in [0.1, 0.15) is 5.82 Å². The lowest BCUT2D eigenvalue weighted by molar-refractivity contribution is 0.0764. The predicted molar refractivity (Wildman–Crippen MR) is 70.7 cm³/mol. The highest BCUT2D eigenvalue weighted by Crippen LogP contribution is 2.31. The first-order valence-corrected chi connectivity index (χ1v) is 7.27. The molecular weight excluding hydrogens is 226 g/mol. The van der Waals surface area contributed by atoms with Gasteiger partial charge in [0.2, 0.25) is 0 Å². The summed E-state index contributed by atoms with van der Waals surface area (Å²) in [6.45, 7) is 2.60. The number of hydrogen-bond donors (Lipinski definition) is 2. The molecule has 0 bridgehead atoms. The molecule has 4 heteroatoms. The third kappa shape index (κ3) is 2.93. The lowest BCUT2D eigenvalue weighted by Gasteiger charge is -2.23. The van der Waals surface area contributed by atoms with Crippen LogP contribution >= 0.6 is 0 Å². The van der Waals surface area contributed by atoms with Crippen molar-refractivity contribution in [1.29, 1.82) is 0 Å². The molecule has 2 heterocycles. The first kappa shape index (κ1) is 12.2. The second-order valence-corrected chi connectivity index (χ2v) is 5.55. The number of aromatic amines is 1. The van der Waals surface area contributed by atoms with Crippen LogP contribution in [0, 0.1) is 0 Å². The van der Waals surface area contributed by atoms with Crippen LogP contribution < -0.4 is 5.32 Å². The summed E-state index contributed by atoms with van der Waals surface area (Å²) in [7, 11) is 0. The lowest BCUT2D eigenvalue weighted by atomic mass is 9.87. The first-order chi connectivity index (χ1) is 8.92. The van der Waals surface area contributed by atoms with Crippen LogP contribution in [-0.4, -0.2) is 35.8 Å². The van der Waals surface area contributed by atoms with Gasteiger partial charge in [0.15, 0.2) is 0 Å². The van der Waals surface area contributed by atoms with E-state index in [1.165, 1.54) is 37.8 Å². The molecular formula is C14H23N3O. The minimum atomic E-state index is 0.420. The normalized spacial score (nSPS) is 26.3. The molecule has 4 nitrogen and oxygen atoms in total. The van der Waals surface area contributed by atoms with Crippen LogP contribution in [0.1, 0.15) is 49.5 Å². The van der Waals surface area contributed by atoms with E-state index < -0.39 is 0 Å². The molecule has 1 aliphatic carbocycles. The smallest absolute Gasteiger partial charge is 0.107 e. The third-order valence-electron chi connectivity index (χ3n) is 4.13. The second kappa shape index (κ2) is 5.85. The van der Waals surface area contributed by atoms with Crippen molar-refractivity contribution in [2.75, 3.05) is 19.8 Å². The maximum atomic E-state index is 5.47. The van der Waals surface area contributed by atoms with Crippen LogP contribution in [0.4, 0.5) is 0 Å². The SMILES string of the molecule is c1nc(CC2COCCN2)[nH]c1C1CCCCC1. The van der Waals surface area contributed by atoms with E-state index >= 15 is 0 Å². The van der Waals surface area contributed by atoms with Gasteiger partial charge in [0.05, 0.1) is 13.2 Å². The fraction of sp³-hybridized carbons (Fsp3) is 0.786. The van der Waals surface area contributed by atoms with Gasteiger partial charge in [-0.3, -0.25) is 0 Å². The molecule has 18 heavy (non-hydrogen) atoms. The summed E-state index contributed by atoms with van der Waals surface area (Å²) in [4.78, 5) is 8.06. The summed E-state index contributed by atoms with van der Waals surface area (Å²) in [6.07, 6.45) is 9.80. The van der Waals surface area contributed by atoms with Crippen LogP contribution in [0.25, 0.3) is 0 Å². The number of rotatable bonds is 3. The molecule has 1 atom stereocenters. The van der Waals surface area contributed by atoms with Gasteiger partial charge in [-0.05, 0) is 12.8 Å². The summed E-state index contributed by atoms with van der Waals surface area (Å²) >= 11 is 0. The van der Waals surface area contributed by atoms with E-state index in [-0.39, 0.29) is 0 Å². The third-order valence-corrected chi connectivity index (χ3v) is 4.13. The fourth-order valence-electron chi connectivity index (χ4n) is 3.09. The summed E-state index contributed by atoms with van der Waals surface area (Å²) in [5.41, 5.74) is 1.35. The van der Waals surface area contributed by atoms with Crippen molar-refractivity contribution in [3.05, 3.63) is 17.7 Å². The Labute approximate surface area is 109 Å². The number of nitrogens with one attached hydrogen (secondary N) is 2. The summed E-state index contributed by atoms with van der Waals surface area (Å²) in [5.74, 6) is 1.83.